The molecule has 2 atom stereocenters. The van der Waals surface area contributed by atoms with Crippen molar-refractivity contribution >= 4 is 17.8 Å². The Morgan fingerprint density at radius 3 is 2.44 bits per heavy atom. The monoisotopic (exact) mass is 475 g/mol. The molecular weight excluding hydrogens is 434 g/mol. The van der Waals surface area contributed by atoms with Crippen molar-refractivity contribution in [1.82, 2.24) is 15.7 Å². The Morgan fingerprint density at radius 1 is 1.09 bits per heavy atom. The molecule has 0 bridgehead atoms. The summed E-state index contributed by atoms with van der Waals surface area (Å²) < 4.78 is 0. The smallest absolute Gasteiger partial charge is 0.408 e. The van der Waals surface area contributed by atoms with Gasteiger partial charge < -0.3 is 10.4 Å². The van der Waals surface area contributed by atoms with Crippen molar-refractivity contribution in [3.8, 4) is 0 Å². The number of carbonyl (C=O) groups is 3. The molecule has 1 fully saturated rings. The molecule has 1 aromatic rings. The molecule has 2 amide bonds. The number of hydrogen-bond acceptors (Lipinski definition) is 5. The Kier molecular flexibility index (Phi) is 13.3. The second-order valence-electron chi connectivity index (χ2n) is 9.06. The summed E-state index contributed by atoms with van der Waals surface area (Å²) >= 11 is 0. The highest BCUT2D eigenvalue weighted by molar-refractivity contribution is 5.92. The second kappa shape index (κ2) is 16.2. The quantitative estimate of drug-likeness (QED) is 0.243. The first-order valence-corrected chi connectivity index (χ1v) is 12.7. The van der Waals surface area contributed by atoms with Gasteiger partial charge in [-0.25, -0.2) is 10.3 Å². The second-order valence-corrected chi connectivity index (χ2v) is 9.06. The molecule has 0 aliphatic carbocycles. The van der Waals surface area contributed by atoms with Crippen LogP contribution in [0, 0.1) is 5.92 Å². The highest BCUT2D eigenvalue weighted by Gasteiger charge is 2.36. The molecule has 8 heteroatoms. The Labute approximate surface area is 203 Å². The molecule has 1 aromatic carbocycles. The van der Waals surface area contributed by atoms with Crippen molar-refractivity contribution in [2.24, 2.45) is 5.92 Å². The summed E-state index contributed by atoms with van der Waals surface area (Å²) in [5, 5.41) is 12.6. The molecule has 0 radical (unpaired) electrons. The number of piperazine rings is 1. The van der Waals surface area contributed by atoms with Crippen LogP contribution in [0.4, 0.5) is 4.79 Å². The first kappa shape index (κ1) is 27.8. The number of benzene rings is 1. The molecule has 1 aliphatic heterocycles. The zero-order valence-electron chi connectivity index (χ0n) is 20.5. The van der Waals surface area contributed by atoms with Crippen LogP contribution >= 0.6 is 0 Å². The van der Waals surface area contributed by atoms with Gasteiger partial charge in [-0.2, -0.15) is 0 Å². The van der Waals surface area contributed by atoms with Crippen LogP contribution < -0.4 is 10.8 Å². The van der Waals surface area contributed by atoms with Crippen LogP contribution in [0.1, 0.15) is 76.7 Å². The van der Waals surface area contributed by atoms with Gasteiger partial charge in [-0.05, 0) is 12.0 Å². The van der Waals surface area contributed by atoms with E-state index in [1.54, 1.807) is 0 Å². The zero-order chi connectivity index (χ0) is 24.6. The van der Waals surface area contributed by atoms with Crippen LogP contribution in [-0.4, -0.2) is 53.5 Å². The van der Waals surface area contributed by atoms with Crippen molar-refractivity contribution in [2.45, 2.75) is 83.8 Å². The molecule has 34 heavy (non-hydrogen) atoms. The largest absolute Gasteiger partial charge is 0.465 e. The van der Waals surface area contributed by atoms with E-state index in [0.717, 1.165) is 24.8 Å². The van der Waals surface area contributed by atoms with Crippen LogP contribution in [0.3, 0.4) is 0 Å². The average molecular weight is 476 g/mol. The normalized spacial score (nSPS) is 16.7. The van der Waals surface area contributed by atoms with Crippen molar-refractivity contribution in [2.75, 3.05) is 19.6 Å². The molecular formula is C26H41N3O5. The van der Waals surface area contributed by atoms with Crippen LogP contribution in [0.2, 0.25) is 0 Å². The number of ketones is 1. The third-order valence-electron chi connectivity index (χ3n) is 6.33. The van der Waals surface area contributed by atoms with E-state index in [2.05, 4.69) is 17.7 Å². The zero-order valence-corrected chi connectivity index (χ0v) is 20.5. The Bertz CT molecular complexity index is 743. The lowest BCUT2D eigenvalue weighted by molar-refractivity contribution is -0.139. The summed E-state index contributed by atoms with van der Waals surface area (Å²) in [4.78, 5) is 44.0. The molecule has 0 unspecified atom stereocenters. The van der Waals surface area contributed by atoms with Crippen LogP contribution in [0.15, 0.2) is 30.3 Å². The maximum atomic E-state index is 13.3. The predicted octanol–water partition coefficient (Wildman–Crippen LogP) is 4.29. The molecule has 0 aromatic heterocycles. The summed E-state index contributed by atoms with van der Waals surface area (Å²) in [6.45, 7) is 3.51. The van der Waals surface area contributed by atoms with Crippen LogP contribution in [0.25, 0.3) is 0 Å². The molecule has 1 aliphatic rings. The van der Waals surface area contributed by atoms with E-state index in [-0.39, 0.29) is 37.8 Å². The minimum atomic E-state index is -1.10. The Morgan fingerprint density at radius 2 is 1.76 bits per heavy atom. The molecule has 1 saturated heterocycles. The van der Waals surface area contributed by atoms with Gasteiger partial charge in [-0.15, -0.1) is 0 Å². The number of nitrogens with one attached hydrogen (secondary N) is 2. The van der Waals surface area contributed by atoms with E-state index in [0.29, 0.717) is 13.0 Å². The van der Waals surface area contributed by atoms with Crippen LogP contribution in [-0.2, 0) is 21.0 Å². The first-order valence-electron chi connectivity index (χ1n) is 12.7. The number of rotatable bonds is 16. The molecule has 8 nitrogen and oxygen atoms in total. The van der Waals surface area contributed by atoms with Crippen LogP contribution in [0.5, 0.6) is 0 Å². The van der Waals surface area contributed by atoms with Crippen molar-refractivity contribution < 1.29 is 24.3 Å². The average Bonchev–Trinajstić information content (AvgIpc) is 2.85. The van der Waals surface area contributed by atoms with E-state index in [4.69, 9.17) is 4.84 Å². The van der Waals surface area contributed by atoms with E-state index in [1.165, 1.54) is 37.0 Å². The first-order chi connectivity index (χ1) is 16.5. The van der Waals surface area contributed by atoms with Gasteiger partial charge in [-0.1, -0.05) is 88.6 Å². The predicted molar refractivity (Wildman–Crippen MR) is 131 cm³/mol. The van der Waals surface area contributed by atoms with E-state index in [1.807, 2.05) is 30.3 Å². The fourth-order valence-corrected chi connectivity index (χ4v) is 4.37. The maximum absolute atomic E-state index is 13.3. The summed E-state index contributed by atoms with van der Waals surface area (Å²) in [5.41, 5.74) is 3.38. The summed E-state index contributed by atoms with van der Waals surface area (Å²) in [7, 11) is 0. The highest BCUT2D eigenvalue weighted by Crippen LogP contribution is 2.21. The number of carboxylic acid groups (broad SMARTS) is 1. The lowest BCUT2D eigenvalue weighted by atomic mass is 9.88. The number of Topliss-reactive ketones (excluding diaryl/α,β-unsaturated/α-hetero) is 1. The molecule has 1 heterocycles. The van der Waals surface area contributed by atoms with Gasteiger partial charge in [-0.3, -0.25) is 19.3 Å². The number of nitrogens with zero attached hydrogens (tertiary/aromatic N) is 1. The Hall–Kier alpha value is -2.45. The van der Waals surface area contributed by atoms with E-state index >= 15 is 0 Å². The Balaban J connectivity index is 1.88. The third kappa shape index (κ3) is 10.2. The fraction of sp³-hybridized carbons (Fsp3) is 0.654. The van der Waals surface area contributed by atoms with Gasteiger partial charge in [0, 0.05) is 32.0 Å². The topological polar surface area (TPSA) is 108 Å². The number of hydroxylamine groups is 1. The van der Waals surface area contributed by atoms with E-state index < -0.39 is 18.1 Å². The number of unbranched alkanes of at least 4 members (excludes halogenated alkanes) is 7. The molecule has 0 spiro atoms. The van der Waals surface area contributed by atoms with Crippen molar-refractivity contribution in [1.29, 1.82) is 0 Å². The SMILES string of the molecule is CCCCCCCCCC[C@H](CC(=O)NOCc1ccccc1)C(=O)[C@@H]1CNCCN1C(=O)O. The van der Waals surface area contributed by atoms with Gasteiger partial charge in [0.25, 0.3) is 0 Å². The third-order valence-corrected chi connectivity index (χ3v) is 6.33. The minimum absolute atomic E-state index is 0.00587. The van der Waals surface area contributed by atoms with Gasteiger partial charge in [0.05, 0.1) is 6.61 Å². The highest BCUT2D eigenvalue weighted by atomic mass is 16.6. The van der Waals surface area contributed by atoms with Gasteiger partial charge in [0.1, 0.15) is 6.04 Å². The van der Waals surface area contributed by atoms with Gasteiger partial charge in [0.15, 0.2) is 5.78 Å². The lowest BCUT2D eigenvalue weighted by Crippen LogP contribution is -2.58. The van der Waals surface area contributed by atoms with Crippen molar-refractivity contribution in [3.63, 3.8) is 0 Å². The minimum Gasteiger partial charge on any atom is -0.465 e. The molecule has 190 valence electrons. The summed E-state index contributed by atoms with van der Waals surface area (Å²) in [6, 6.07) is 8.73. The number of hydrogen-bond donors (Lipinski definition) is 3. The van der Waals surface area contributed by atoms with Gasteiger partial charge >= 0.3 is 6.09 Å². The molecule has 3 N–H and O–H groups in total. The van der Waals surface area contributed by atoms with Crippen molar-refractivity contribution in [3.05, 3.63) is 35.9 Å². The summed E-state index contributed by atoms with van der Waals surface area (Å²) in [5.74, 6) is -1.08. The molecule has 0 saturated carbocycles. The van der Waals surface area contributed by atoms with E-state index in [9.17, 15) is 19.5 Å². The maximum Gasteiger partial charge on any atom is 0.408 e. The summed E-state index contributed by atoms with van der Waals surface area (Å²) in [6.07, 6.45) is 8.62. The fourth-order valence-electron chi connectivity index (χ4n) is 4.37. The molecule has 2 rings (SSSR count). The number of amides is 2. The van der Waals surface area contributed by atoms with Gasteiger partial charge in [0.2, 0.25) is 5.91 Å². The lowest BCUT2D eigenvalue weighted by Gasteiger charge is -2.35. The number of carbonyl (C=O) groups excluding carboxylic acids is 2. The standard InChI is InChI=1S/C26H41N3O5/c1-2-3-4-5-6-7-8-12-15-22(25(31)23-19-27-16-17-29(23)26(32)33)18-24(30)28-34-20-21-13-10-9-11-14-21/h9-11,13-14,22-23,27H,2-8,12,15-20H2,1H3,(H,28,30)(H,32,33)/t22-,23+/m1/s1.